The molecule has 0 saturated heterocycles. The smallest absolute Gasteiger partial charge is 0.00928 e. The molecule has 1 N–H and O–H groups in total. The molecule has 0 amide bonds. The quantitative estimate of drug-likeness (QED) is 0.838. The van der Waals surface area contributed by atoms with Crippen LogP contribution in [0.4, 0.5) is 0 Å². The SMILES string of the molecule is CNC1CCC(c2ccccc2)CC1CC(C)C. The van der Waals surface area contributed by atoms with E-state index in [1.807, 2.05) is 0 Å². The van der Waals surface area contributed by atoms with Crippen LogP contribution in [0.3, 0.4) is 0 Å². The lowest BCUT2D eigenvalue weighted by Gasteiger charge is -2.37. The topological polar surface area (TPSA) is 12.0 Å². The summed E-state index contributed by atoms with van der Waals surface area (Å²) in [6.45, 7) is 4.69. The van der Waals surface area contributed by atoms with E-state index in [2.05, 4.69) is 56.5 Å². The van der Waals surface area contributed by atoms with Crippen molar-refractivity contribution in [3.63, 3.8) is 0 Å². The molecule has 1 aliphatic rings. The van der Waals surface area contributed by atoms with E-state index in [1.54, 1.807) is 5.56 Å². The number of hydrogen-bond acceptors (Lipinski definition) is 1. The zero-order valence-corrected chi connectivity index (χ0v) is 12.0. The Hall–Kier alpha value is -0.820. The van der Waals surface area contributed by atoms with Crippen LogP contribution < -0.4 is 5.32 Å². The van der Waals surface area contributed by atoms with E-state index in [0.717, 1.165) is 23.8 Å². The van der Waals surface area contributed by atoms with Gasteiger partial charge in [0.05, 0.1) is 0 Å². The van der Waals surface area contributed by atoms with Gasteiger partial charge in [-0.1, -0.05) is 44.2 Å². The van der Waals surface area contributed by atoms with E-state index in [0.29, 0.717) is 0 Å². The van der Waals surface area contributed by atoms with Crippen LogP contribution in [-0.4, -0.2) is 13.1 Å². The van der Waals surface area contributed by atoms with E-state index in [4.69, 9.17) is 0 Å². The highest BCUT2D eigenvalue weighted by atomic mass is 14.9. The largest absolute Gasteiger partial charge is 0.317 e. The summed E-state index contributed by atoms with van der Waals surface area (Å²) in [6.07, 6.45) is 5.38. The second-order valence-electron chi connectivity index (χ2n) is 6.21. The van der Waals surface area contributed by atoms with Crippen LogP contribution in [-0.2, 0) is 0 Å². The molecule has 3 unspecified atom stereocenters. The van der Waals surface area contributed by atoms with Gasteiger partial charge in [0.2, 0.25) is 0 Å². The minimum absolute atomic E-state index is 0.729. The first kappa shape index (κ1) is 13.6. The van der Waals surface area contributed by atoms with Crippen molar-refractivity contribution in [3.05, 3.63) is 35.9 Å². The second-order valence-corrected chi connectivity index (χ2v) is 6.21. The van der Waals surface area contributed by atoms with E-state index in [-0.39, 0.29) is 0 Å². The molecule has 1 saturated carbocycles. The molecular weight excluding hydrogens is 218 g/mol. The predicted molar refractivity (Wildman–Crippen MR) is 78.8 cm³/mol. The summed E-state index contributed by atoms with van der Waals surface area (Å²) in [4.78, 5) is 0. The van der Waals surface area contributed by atoms with E-state index in [9.17, 15) is 0 Å². The van der Waals surface area contributed by atoms with Crippen molar-refractivity contribution in [2.45, 2.75) is 51.5 Å². The standard InChI is InChI=1S/C17H27N/c1-13(2)11-16-12-15(9-10-17(16)18-3)14-7-5-4-6-8-14/h4-8,13,15-18H,9-12H2,1-3H3. The highest BCUT2D eigenvalue weighted by molar-refractivity contribution is 5.20. The molecule has 1 aliphatic carbocycles. The van der Waals surface area contributed by atoms with Gasteiger partial charge in [-0.05, 0) is 56.0 Å². The molecule has 0 heterocycles. The zero-order valence-electron chi connectivity index (χ0n) is 12.0. The van der Waals surface area contributed by atoms with Gasteiger partial charge in [0.1, 0.15) is 0 Å². The van der Waals surface area contributed by atoms with Crippen LogP contribution in [0.25, 0.3) is 0 Å². The normalized spacial score (nSPS) is 28.6. The fraction of sp³-hybridized carbons (Fsp3) is 0.647. The van der Waals surface area contributed by atoms with Crippen molar-refractivity contribution in [2.24, 2.45) is 11.8 Å². The summed E-state index contributed by atoms with van der Waals surface area (Å²) in [5.41, 5.74) is 1.54. The van der Waals surface area contributed by atoms with Gasteiger partial charge in [0, 0.05) is 6.04 Å². The van der Waals surface area contributed by atoms with Crippen molar-refractivity contribution in [1.82, 2.24) is 5.32 Å². The van der Waals surface area contributed by atoms with Crippen LogP contribution in [0, 0.1) is 11.8 Å². The van der Waals surface area contributed by atoms with Gasteiger partial charge in [0.25, 0.3) is 0 Å². The minimum Gasteiger partial charge on any atom is -0.317 e. The molecule has 1 aromatic carbocycles. The number of benzene rings is 1. The summed E-state index contributed by atoms with van der Waals surface area (Å²) >= 11 is 0. The van der Waals surface area contributed by atoms with Crippen molar-refractivity contribution in [3.8, 4) is 0 Å². The molecule has 1 heteroatoms. The van der Waals surface area contributed by atoms with Crippen LogP contribution in [0.2, 0.25) is 0 Å². The first-order valence-corrected chi connectivity index (χ1v) is 7.43. The number of rotatable bonds is 4. The van der Waals surface area contributed by atoms with Gasteiger partial charge < -0.3 is 5.32 Å². The summed E-state index contributed by atoms with van der Waals surface area (Å²) in [6, 6.07) is 11.8. The van der Waals surface area contributed by atoms with E-state index < -0.39 is 0 Å². The predicted octanol–water partition coefficient (Wildman–Crippen LogP) is 4.20. The van der Waals surface area contributed by atoms with Crippen molar-refractivity contribution >= 4 is 0 Å². The highest BCUT2D eigenvalue weighted by Gasteiger charge is 2.30. The molecular formula is C17H27N. The molecule has 0 bridgehead atoms. The van der Waals surface area contributed by atoms with E-state index in [1.165, 1.54) is 25.7 Å². The maximum atomic E-state index is 3.53. The average molecular weight is 245 g/mol. The Bertz CT molecular complexity index is 344. The fourth-order valence-electron chi connectivity index (χ4n) is 3.54. The first-order valence-electron chi connectivity index (χ1n) is 7.43. The molecule has 0 aliphatic heterocycles. The van der Waals surface area contributed by atoms with Crippen LogP contribution >= 0.6 is 0 Å². The van der Waals surface area contributed by atoms with Gasteiger partial charge in [-0.3, -0.25) is 0 Å². The molecule has 1 fully saturated rings. The van der Waals surface area contributed by atoms with Gasteiger partial charge in [-0.2, -0.15) is 0 Å². The fourth-order valence-corrected chi connectivity index (χ4v) is 3.54. The van der Waals surface area contributed by atoms with Crippen LogP contribution in [0.15, 0.2) is 30.3 Å². The monoisotopic (exact) mass is 245 g/mol. The summed E-state index contributed by atoms with van der Waals surface area (Å²) in [5.74, 6) is 2.42. The molecule has 0 aromatic heterocycles. The van der Waals surface area contributed by atoms with Crippen LogP contribution in [0.1, 0.15) is 51.0 Å². The molecule has 100 valence electrons. The zero-order chi connectivity index (χ0) is 13.0. The molecule has 1 aromatic rings. The lowest BCUT2D eigenvalue weighted by atomic mass is 9.72. The summed E-state index contributed by atoms with van der Waals surface area (Å²) in [7, 11) is 2.13. The van der Waals surface area contributed by atoms with Gasteiger partial charge >= 0.3 is 0 Å². The molecule has 0 spiro atoms. The van der Waals surface area contributed by atoms with Crippen molar-refractivity contribution in [1.29, 1.82) is 0 Å². The molecule has 18 heavy (non-hydrogen) atoms. The Morgan fingerprint density at radius 2 is 1.89 bits per heavy atom. The molecule has 0 radical (unpaired) electrons. The van der Waals surface area contributed by atoms with Crippen molar-refractivity contribution in [2.75, 3.05) is 7.05 Å². The first-order chi connectivity index (χ1) is 8.70. The summed E-state index contributed by atoms with van der Waals surface area (Å²) < 4.78 is 0. The van der Waals surface area contributed by atoms with Gasteiger partial charge in [-0.15, -0.1) is 0 Å². The third kappa shape index (κ3) is 3.35. The molecule has 3 atom stereocenters. The minimum atomic E-state index is 0.729. The lowest BCUT2D eigenvalue weighted by molar-refractivity contribution is 0.218. The molecule has 2 rings (SSSR count). The van der Waals surface area contributed by atoms with Crippen molar-refractivity contribution < 1.29 is 0 Å². The third-order valence-corrected chi connectivity index (χ3v) is 4.40. The summed E-state index contributed by atoms with van der Waals surface area (Å²) in [5, 5.41) is 3.53. The average Bonchev–Trinajstić information content (AvgIpc) is 2.39. The second kappa shape index (κ2) is 6.38. The highest BCUT2D eigenvalue weighted by Crippen LogP contribution is 2.38. The Morgan fingerprint density at radius 3 is 2.50 bits per heavy atom. The molecule has 1 nitrogen and oxygen atoms in total. The lowest BCUT2D eigenvalue weighted by Crippen LogP contribution is -2.38. The third-order valence-electron chi connectivity index (χ3n) is 4.40. The Kier molecular flexibility index (Phi) is 4.82. The maximum absolute atomic E-state index is 3.53. The van der Waals surface area contributed by atoms with Gasteiger partial charge in [-0.25, -0.2) is 0 Å². The number of nitrogens with one attached hydrogen (secondary N) is 1. The Labute approximate surface area is 112 Å². The maximum Gasteiger partial charge on any atom is 0.00928 e. The van der Waals surface area contributed by atoms with Crippen LogP contribution in [0.5, 0.6) is 0 Å². The Balaban J connectivity index is 2.04. The number of hydrogen-bond donors (Lipinski definition) is 1. The van der Waals surface area contributed by atoms with E-state index >= 15 is 0 Å². The Morgan fingerprint density at radius 1 is 1.17 bits per heavy atom. The van der Waals surface area contributed by atoms with Gasteiger partial charge in [0.15, 0.2) is 0 Å².